The molecular weight excluding hydrogens is 262 g/mol. The average molecular weight is 297 g/mol. The Labute approximate surface area is 131 Å². The summed E-state index contributed by atoms with van der Waals surface area (Å²) in [5.74, 6) is 0.855. The largest absolute Gasteiger partial charge is 0.390 e. The van der Waals surface area contributed by atoms with Crippen molar-refractivity contribution in [2.45, 2.75) is 90.6 Å². The summed E-state index contributed by atoms with van der Waals surface area (Å²) in [7, 11) is 0. The average Bonchev–Trinajstić information content (AvgIpc) is 2.89. The van der Waals surface area contributed by atoms with Gasteiger partial charge in [-0.25, -0.2) is 0 Å². The van der Waals surface area contributed by atoms with Crippen molar-refractivity contribution < 1.29 is 9.84 Å². The van der Waals surface area contributed by atoms with E-state index in [4.69, 9.17) is 4.74 Å². The van der Waals surface area contributed by atoms with Crippen LogP contribution in [0, 0.1) is 11.8 Å². The number of ether oxygens (including phenoxy) is 1. The van der Waals surface area contributed by atoms with Crippen molar-refractivity contribution >= 4 is 0 Å². The lowest BCUT2D eigenvalue weighted by molar-refractivity contribution is -0.0916. The molecule has 3 heteroatoms. The first-order valence-electron chi connectivity index (χ1n) is 8.76. The Balaban J connectivity index is 2.11. The molecule has 0 bridgehead atoms. The summed E-state index contributed by atoms with van der Waals surface area (Å²) in [4.78, 5) is 2.64. The van der Waals surface area contributed by atoms with Gasteiger partial charge < -0.3 is 9.84 Å². The standard InChI is InChI=1S/C18H35NO2/c1-13(2)11-19(14-9-7-8-10-14)12-15-16(20)18(5,6)21-17(15,3)4/h13-16,20H,7-12H2,1-6H3. The summed E-state index contributed by atoms with van der Waals surface area (Å²) >= 11 is 0. The van der Waals surface area contributed by atoms with E-state index >= 15 is 0 Å². The Morgan fingerprint density at radius 1 is 1.10 bits per heavy atom. The lowest BCUT2D eigenvalue weighted by atomic mass is 9.83. The van der Waals surface area contributed by atoms with Crippen LogP contribution in [0.5, 0.6) is 0 Å². The smallest absolute Gasteiger partial charge is 0.0896 e. The molecule has 21 heavy (non-hydrogen) atoms. The Morgan fingerprint density at radius 3 is 2.10 bits per heavy atom. The van der Waals surface area contributed by atoms with E-state index in [1.807, 2.05) is 13.8 Å². The fraction of sp³-hybridized carbons (Fsp3) is 1.00. The van der Waals surface area contributed by atoms with Gasteiger partial charge in [0.15, 0.2) is 0 Å². The monoisotopic (exact) mass is 297 g/mol. The summed E-state index contributed by atoms with van der Waals surface area (Å²) < 4.78 is 6.15. The van der Waals surface area contributed by atoms with E-state index < -0.39 is 5.60 Å². The van der Waals surface area contributed by atoms with Crippen molar-refractivity contribution in [3.8, 4) is 0 Å². The Morgan fingerprint density at radius 2 is 1.67 bits per heavy atom. The zero-order valence-electron chi connectivity index (χ0n) is 14.9. The highest BCUT2D eigenvalue weighted by Gasteiger charge is 2.53. The maximum atomic E-state index is 10.7. The van der Waals surface area contributed by atoms with E-state index in [0.29, 0.717) is 12.0 Å². The van der Waals surface area contributed by atoms with Gasteiger partial charge in [-0.3, -0.25) is 4.90 Å². The summed E-state index contributed by atoms with van der Waals surface area (Å²) in [6.07, 6.45) is 4.97. The lowest BCUT2D eigenvalue weighted by Gasteiger charge is -2.37. The highest BCUT2D eigenvalue weighted by Crippen LogP contribution is 2.43. The van der Waals surface area contributed by atoms with Crippen LogP contribution in [0.4, 0.5) is 0 Å². The van der Waals surface area contributed by atoms with Crippen LogP contribution >= 0.6 is 0 Å². The highest BCUT2D eigenvalue weighted by molar-refractivity contribution is 5.03. The molecule has 1 aliphatic heterocycles. The van der Waals surface area contributed by atoms with Gasteiger partial charge in [-0.05, 0) is 46.5 Å². The Hall–Kier alpha value is -0.120. The number of nitrogens with zero attached hydrogens (tertiary/aromatic N) is 1. The van der Waals surface area contributed by atoms with E-state index in [2.05, 4.69) is 32.6 Å². The molecule has 0 amide bonds. The summed E-state index contributed by atoms with van der Waals surface area (Å²) in [5.41, 5.74) is -0.690. The number of hydrogen-bond acceptors (Lipinski definition) is 3. The van der Waals surface area contributed by atoms with Crippen LogP contribution in [0.3, 0.4) is 0 Å². The maximum absolute atomic E-state index is 10.7. The van der Waals surface area contributed by atoms with Crippen LogP contribution < -0.4 is 0 Å². The molecule has 2 rings (SSSR count). The molecule has 0 aromatic rings. The van der Waals surface area contributed by atoms with Gasteiger partial charge in [0, 0.05) is 25.0 Å². The fourth-order valence-electron chi connectivity index (χ4n) is 4.36. The van der Waals surface area contributed by atoms with E-state index in [9.17, 15) is 5.11 Å². The van der Waals surface area contributed by atoms with Crippen LogP contribution in [0.25, 0.3) is 0 Å². The van der Waals surface area contributed by atoms with Gasteiger partial charge in [0.25, 0.3) is 0 Å². The van der Waals surface area contributed by atoms with E-state index in [-0.39, 0.29) is 17.6 Å². The van der Waals surface area contributed by atoms with Crippen LogP contribution in [0.15, 0.2) is 0 Å². The van der Waals surface area contributed by atoms with Crippen molar-refractivity contribution in [1.82, 2.24) is 4.90 Å². The summed E-state index contributed by atoms with van der Waals surface area (Å²) in [6, 6.07) is 0.708. The molecule has 3 nitrogen and oxygen atoms in total. The zero-order valence-corrected chi connectivity index (χ0v) is 14.9. The third-order valence-electron chi connectivity index (χ3n) is 5.38. The molecule has 1 saturated carbocycles. The molecule has 2 atom stereocenters. The number of rotatable bonds is 5. The second-order valence-corrected chi connectivity index (χ2v) is 8.65. The molecule has 2 aliphatic rings. The van der Waals surface area contributed by atoms with Crippen LogP contribution in [0.1, 0.15) is 67.2 Å². The molecule has 0 aromatic carbocycles. The zero-order chi connectivity index (χ0) is 15.8. The fourth-order valence-corrected chi connectivity index (χ4v) is 4.36. The van der Waals surface area contributed by atoms with Crippen molar-refractivity contribution in [3.63, 3.8) is 0 Å². The van der Waals surface area contributed by atoms with Crippen LogP contribution in [0.2, 0.25) is 0 Å². The molecule has 1 heterocycles. The van der Waals surface area contributed by atoms with E-state index in [1.54, 1.807) is 0 Å². The molecule has 124 valence electrons. The van der Waals surface area contributed by atoms with Crippen LogP contribution in [-0.4, -0.2) is 46.4 Å². The van der Waals surface area contributed by atoms with Gasteiger partial charge in [-0.15, -0.1) is 0 Å². The molecule has 1 aliphatic carbocycles. The van der Waals surface area contributed by atoms with Crippen molar-refractivity contribution in [3.05, 3.63) is 0 Å². The van der Waals surface area contributed by atoms with Crippen molar-refractivity contribution in [1.29, 1.82) is 0 Å². The van der Waals surface area contributed by atoms with E-state index in [1.165, 1.54) is 25.7 Å². The number of hydrogen-bond donors (Lipinski definition) is 1. The SMILES string of the molecule is CC(C)CN(CC1C(O)C(C)(C)OC1(C)C)C1CCCC1. The molecule has 1 saturated heterocycles. The number of aliphatic hydroxyl groups is 1. The minimum absolute atomic E-state index is 0.187. The van der Waals surface area contributed by atoms with Gasteiger partial charge in [0.2, 0.25) is 0 Å². The van der Waals surface area contributed by atoms with Crippen LogP contribution in [-0.2, 0) is 4.74 Å². The lowest BCUT2D eigenvalue weighted by Crippen LogP contribution is -2.47. The first-order valence-corrected chi connectivity index (χ1v) is 8.76. The predicted molar refractivity (Wildman–Crippen MR) is 87.4 cm³/mol. The van der Waals surface area contributed by atoms with Gasteiger partial charge >= 0.3 is 0 Å². The maximum Gasteiger partial charge on any atom is 0.0896 e. The molecule has 1 N–H and O–H groups in total. The van der Waals surface area contributed by atoms with Crippen molar-refractivity contribution in [2.75, 3.05) is 13.1 Å². The molecule has 2 fully saturated rings. The second-order valence-electron chi connectivity index (χ2n) is 8.65. The minimum Gasteiger partial charge on any atom is -0.390 e. The second kappa shape index (κ2) is 6.17. The molecule has 2 unspecified atom stereocenters. The van der Waals surface area contributed by atoms with Crippen molar-refractivity contribution in [2.24, 2.45) is 11.8 Å². The summed E-state index contributed by atoms with van der Waals surface area (Å²) in [6.45, 7) is 15.0. The first kappa shape index (κ1) is 17.2. The van der Waals surface area contributed by atoms with E-state index in [0.717, 1.165) is 13.1 Å². The predicted octanol–water partition coefficient (Wildman–Crippen LogP) is 3.45. The third kappa shape index (κ3) is 3.80. The quantitative estimate of drug-likeness (QED) is 0.843. The third-order valence-corrected chi connectivity index (χ3v) is 5.38. The topological polar surface area (TPSA) is 32.7 Å². The number of aliphatic hydroxyl groups excluding tert-OH is 1. The Bertz CT molecular complexity index is 345. The Kier molecular flexibility index (Phi) is 5.07. The van der Waals surface area contributed by atoms with Gasteiger partial charge in [0.1, 0.15) is 0 Å². The summed E-state index contributed by atoms with van der Waals surface area (Å²) in [5, 5.41) is 10.7. The first-order chi connectivity index (χ1) is 9.63. The molecule has 0 radical (unpaired) electrons. The van der Waals surface area contributed by atoms with Gasteiger partial charge in [-0.1, -0.05) is 26.7 Å². The van der Waals surface area contributed by atoms with Gasteiger partial charge in [0.05, 0.1) is 17.3 Å². The molecular formula is C18H35NO2. The normalized spacial score (nSPS) is 32.4. The highest BCUT2D eigenvalue weighted by atomic mass is 16.5. The molecule has 0 aromatic heterocycles. The minimum atomic E-state index is -0.437. The molecule has 0 spiro atoms. The van der Waals surface area contributed by atoms with Gasteiger partial charge in [-0.2, -0.15) is 0 Å².